The number of hydrogen-bond acceptors (Lipinski definition) is 2. The minimum absolute atomic E-state index is 0.416. The SMILES string of the molecule is Cc1ccn2c(=N)c3ccccc3c(C#N)c2c1. The van der Waals surface area contributed by atoms with E-state index in [-0.39, 0.29) is 0 Å². The average Bonchev–Trinajstić information content (AvgIpc) is 2.39. The lowest BCUT2D eigenvalue weighted by atomic mass is 10.0. The van der Waals surface area contributed by atoms with E-state index in [0.29, 0.717) is 11.1 Å². The molecular weight excluding hydrogens is 222 g/mol. The van der Waals surface area contributed by atoms with Crippen molar-refractivity contribution in [3.05, 3.63) is 59.2 Å². The zero-order chi connectivity index (χ0) is 12.7. The van der Waals surface area contributed by atoms with E-state index in [1.165, 1.54) is 0 Å². The summed E-state index contributed by atoms with van der Waals surface area (Å²) in [7, 11) is 0. The van der Waals surface area contributed by atoms with E-state index in [0.717, 1.165) is 21.9 Å². The Morgan fingerprint density at radius 3 is 2.61 bits per heavy atom. The highest BCUT2D eigenvalue weighted by atomic mass is 14.9. The maximum absolute atomic E-state index is 9.39. The van der Waals surface area contributed by atoms with E-state index in [4.69, 9.17) is 5.41 Å². The molecule has 2 heterocycles. The number of nitrogens with one attached hydrogen (secondary N) is 1. The van der Waals surface area contributed by atoms with Crippen LogP contribution in [0.2, 0.25) is 0 Å². The van der Waals surface area contributed by atoms with Crippen LogP contribution in [0.3, 0.4) is 0 Å². The van der Waals surface area contributed by atoms with Crippen LogP contribution in [0.4, 0.5) is 0 Å². The van der Waals surface area contributed by atoms with E-state index in [2.05, 4.69) is 6.07 Å². The lowest BCUT2D eigenvalue weighted by Crippen LogP contribution is -2.15. The van der Waals surface area contributed by atoms with Gasteiger partial charge in [-0.2, -0.15) is 5.26 Å². The molecule has 0 bridgehead atoms. The number of nitriles is 1. The normalized spacial score (nSPS) is 10.7. The Morgan fingerprint density at radius 1 is 1.17 bits per heavy atom. The quantitative estimate of drug-likeness (QED) is 0.596. The van der Waals surface area contributed by atoms with Crippen molar-refractivity contribution in [1.82, 2.24) is 4.40 Å². The molecule has 2 aromatic heterocycles. The fraction of sp³-hybridized carbons (Fsp3) is 0.0667. The highest BCUT2D eigenvalue weighted by Crippen LogP contribution is 2.20. The Bertz CT molecular complexity index is 866. The maximum Gasteiger partial charge on any atom is 0.137 e. The molecule has 3 heteroatoms. The van der Waals surface area contributed by atoms with Crippen molar-refractivity contribution in [1.29, 1.82) is 10.7 Å². The first-order valence-electron chi connectivity index (χ1n) is 5.71. The molecule has 0 aliphatic carbocycles. The van der Waals surface area contributed by atoms with Gasteiger partial charge in [-0.05, 0) is 24.6 Å². The predicted molar refractivity (Wildman–Crippen MR) is 70.2 cm³/mol. The summed E-state index contributed by atoms with van der Waals surface area (Å²) in [6, 6.07) is 13.7. The summed E-state index contributed by atoms with van der Waals surface area (Å²) in [5, 5.41) is 19.3. The molecule has 0 atom stereocenters. The van der Waals surface area contributed by atoms with Crippen LogP contribution in [0.15, 0.2) is 42.6 Å². The second-order valence-corrected chi connectivity index (χ2v) is 4.34. The van der Waals surface area contributed by atoms with Gasteiger partial charge in [-0.3, -0.25) is 5.41 Å². The van der Waals surface area contributed by atoms with Crippen LogP contribution in [0.25, 0.3) is 16.3 Å². The van der Waals surface area contributed by atoms with Crippen LogP contribution in [0.5, 0.6) is 0 Å². The number of rotatable bonds is 0. The number of aryl methyl sites for hydroxylation is 1. The van der Waals surface area contributed by atoms with Crippen molar-refractivity contribution in [2.75, 3.05) is 0 Å². The zero-order valence-electron chi connectivity index (χ0n) is 9.94. The summed E-state index contributed by atoms with van der Waals surface area (Å²) in [5.74, 6) is 0. The Kier molecular flexibility index (Phi) is 2.17. The van der Waals surface area contributed by atoms with Crippen molar-refractivity contribution < 1.29 is 0 Å². The van der Waals surface area contributed by atoms with Crippen molar-refractivity contribution in [2.45, 2.75) is 6.92 Å². The van der Waals surface area contributed by atoms with Gasteiger partial charge < -0.3 is 4.40 Å². The van der Waals surface area contributed by atoms with Gasteiger partial charge in [0.1, 0.15) is 11.6 Å². The van der Waals surface area contributed by atoms with E-state index in [1.54, 1.807) is 4.40 Å². The van der Waals surface area contributed by atoms with Gasteiger partial charge in [-0.25, -0.2) is 0 Å². The van der Waals surface area contributed by atoms with Crippen molar-refractivity contribution in [2.24, 2.45) is 0 Å². The van der Waals surface area contributed by atoms with Gasteiger partial charge in [0.2, 0.25) is 0 Å². The minimum atomic E-state index is 0.416. The largest absolute Gasteiger partial charge is 0.300 e. The van der Waals surface area contributed by atoms with Crippen molar-refractivity contribution >= 4 is 16.3 Å². The maximum atomic E-state index is 9.39. The van der Waals surface area contributed by atoms with Gasteiger partial charge in [0.05, 0.1) is 11.1 Å². The Labute approximate surface area is 104 Å². The Hall–Kier alpha value is -2.60. The molecule has 1 aromatic carbocycles. The predicted octanol–water partition coefficient (Wildman–Crippen LogP) is 2.75. The number of benzene rings is 1. The van der Waals surface area contributed by atoms with Crippen LogP contribution in [-0.2, 0) is 0 Å². The first-order chi connectivity index (χ1) is 8.72. The molecule has 0 fully saturated rings. The molecule has 3 rings (SSSR count). The lowest BCUT2D eigenvalue weighted by molar-refractivity contribution is 1.02. The molecule has 0 unspecified atom stereocenters. The van der Waals surface area contributed by atoms with Gasteiger partial charge in [0.15, 0.2) is 0 Å². The van der Waals surface area contributed by atoms with Crippen molar-refractivity contribution in [3.63, 3.8) is 0 Å². The molecular formula is C15H11N3. The first-order valence-corrected chi connectivity index (χ1v) is 5.71. The molecule has 0 saturated carbocycles. The molecule has 0 saturated heterocycles. The summed E-state index contributed by atoms with van der Waals surface area (Å²) in [6.45, 7) is 1.99. The molecule has 0 aliphatic heterocycles. The van der Waals surface area contributed by atoms with Crippen LogP contribution < -0.4 is 5.49 Å². The summed E-state index contributed by atoms with van der Waals surface area (Å²) < 4.78 is 1.76. The second kappa shape index (κ2) is 3.71. The van der Waals surface area contributed by atoms with Crippen molar-refractivity contribution in [3.8, 4) is 6.07 Å². The van der Waals surface area contributed by atoms with Crippen LogP contribution >= 0.6 is 0 Å². The van der Waals surface area contributed by atoms with Gasteiger partial charge in [-0.15, -0.1) is 0 Å². The standard InChI is InChI=1S/C15H11N3/c1-10-6-7-18-14(8-10)13(9-16)11-4-2-3-5-12(11)15(18)17/h2-8,17H,1H3. The Morgan fingerprint density at radius 2 is 1.89 bits per heavy atom. The fourth-order valence-electron chi connectivity index (χ4n) is 2.29. The lowest BCUT2D eigenvalue weighted by Gasteiger charge is -2.09. The third-order valence-electron chi connectivity index (χ3n) is 3.17. The van der Waals surface area contributed by atoms with E-state index in [1.807, 2.05) is 49.5 Å². The van der Waals surface area contributed by atoms with Crippen LogP contribution in [0, 0.1) is 23.7 Å². The summed E-state index contributed by atoms with van der Waals surface area (Å²) in [5.41, 5.74) is 2.92. The molecule has 1 N–H and O–H groups in total. The monoisotopic (exact) mass is 233 g/mol. The smallest absolute Gasteiger partial charge is 0.137 e. The molecule has 3 aromatic rings. The molecule has 86 valence electrons. The van der Waals surface area contributed by atoms with Gasteiger partial charge in [-0.1, -0.05) is 24.3 Å². The molecule has 0 radical (unpaired) electrons. The third kappa shape index (κ3) is 1.33. The summed E-state index contributed by atoms with van der Waals surface area (Å²) in [4.78, 5) is 0. The van der Waals surface area contributed by atoms with Gasteiger partial charge in [0.25, 0.3) is 0 Å². The molecule has 0 aliphatic rings. The van der Waals surface area contributed by atoms with Gasteiger partial charge >= 0.3 is 0 Å². The van der Waals surface area contributed by atoms with E-state index < -0.39 is 0 Å². The Balaban J connectivity index is 2.72. The highest BCUT2D eigenvalue weighted by Gasteiger charge is 2.08. The van der Waals surface area contributed by atoms with Gasteiger partial charge in [0, 0.05) is 17.0 Å². The van der Waals surface area contributed by atoms with Crippen LogP contribution in [-0.4, -0.2) is 4.40 Å². The number of hydrogen-bond donors (Lipinski definition) is 1. The highest BCUT2D eigenvalue weighted by molar-refractivity contribution is 5.92. The fourth-order valence-corrected chi connectivity index (χ4v) is 2.29. The second-order valence-electron chi connectivity index (χ2n) is 4.34. The average molecular weight is 233 g/mol. The first kappa shape index (κ1) is 10.5. The molecule has 0 spiro atoms. The molecule has 3 nitrogen and oxygen atoms in total. The number of nitrogens with zero attached hydrogens (tertiary/aromatic N) is 2. The number of pyridine rings is 2. The third-order valence-corrected chi connectivity index (χ3v) is 3.17. The number of aromatic nitrogens is 1. The summed E-state index contributed by atoms with van der Waals surface area (Å²) >= 11 is 0. The molecule has 0 amide bonds. The van der Waals surface area contributed by atoms with E-state index >= 15 is 0 Å². The summed E-state index contributed by atoms with van der Waals surface area (Å²) in [6.07, 6.45) is 1.85. The van der Waals surface area contributed by atoms with Crippen LogP contribution in [0.1, 0.15) is 11.1 Å². The minimum Gasteiger partial charge on any atom is -0.300 e. The zero-order valence-corrected chi connectivity index (χ0v) is 9.94. The molecule has 18 heavy (non-hydrogen) atoms. The van der Waals surface area contributed by atoms with E-state index in [9.17, 15) is 5.26 Å². The topological polar surface area (TPSA) is 52.0 Å². The number of fused-ring (bicyclic) bond motifs is 2.